The van der Waals surface area contributed by atoms with Gasteiger partial charge in [0, 0.05) is 18.6 Å². The molecule has 7 heteroatoms. The minimum absolute atomic E-state index is 0.171. The van der Waals surface area contributed by atoms with E-state index in [4.69, 9.17) is 22.0 Å². The van der Waals surface area contributed by atoms with E-state index in [1.807, 2.05) is 0 Å². The number of halogens is 1. The lowest BCUT2D eigenvalue weighted by Crippen LogP contribution is -2.30. The Morgan fingerprint density at radius 2 is 2.19 bits per heavy atom. The van der Waals surface area contributed by atoms with E-state index in [2.05, 4.69) is 10.6 Å². The highest BCUT2D eigenvalue weighted by atomic mass is 35.5. The summed E-state index contributed by atoms with van der Waals surface area (Å²) in [5, 5.41) is 21.7. The second kappa shape index (κ2) is 8.56. The summed E-state index contributed by atoms with van der Waals surface area (Å²) in [5.74, 6) is -1.41. The van der Waals surface area contributed by atoms with Gasteiger partial charge in [-0.25, -0.2) is 0 Å². The quantitative estimate of drug-likeness (QED) is 0.250. The number of rotatable bonds is 7. The summed E-state index contributed by atoms with van der Waals surface area (Å²) in [6.07, 6.45) is 1.94. The van der Waals surface area contributed by atoms with E-state index in [0.717, 1.165) is 0 Å². The van der Waals surface area contributed by atoms with Crippen molar-refractivity contribution in [1.82, 2.24) is 10.6 Å². The van der Waals surface area contributed by atoms with Gasteiger partial charge in [-0.05, 0) is 6.42 Å². The monoisotopic (exact) mass is 245 g/mol. The molecule has 0 bridgehead atoms. The van der Waals surface area contributed by atoms with Crippen LogP contribution in [0.15, 0.2) is 11.8 Å². The summed E-state index contributed by atoms with van der Waals surface area (Å²) < 4.78 is 0. The van der Waals surface area contributed by atoms with Crippen LogP contribution >= 0.6 is 11.6 Å². The summed E-state index contributed by atoms with van der Waals surface area (Å²) in [6.45, 7) is 0.0282. The number of carboxylic acid groups (broad SMARTS) is 1. The van der Waals surface area contributed by atoms with Gasteiger partial charge in [0.05, 0.1) is 0 Å². The zero-order valence-electron chi connectivity index (χ0n) is 8.49. The number of aliphatic carboxylic acids is 1. The average Bonchev–Trinajstić information content (AvgIpc) is 2.26. The number of carbonyl (C=O) groups is 2. The molecule has 0 atom stereocenters. The fraction of sp³-hybridized carbons (Fsp3) is 0.444. The van der Waals surface area contributed by atoms with Crippen LogP contribution < -0.4 is 10.6 Å². The Balaban J connectivity index is 4.11. The first-order valence-corrected chi connectivity index (χ1v) is 5.05. The molecule has 16 heavy (non-hydrogen) atoms. The minimum atomic E-state index is -1.17. The van der Waals surface area contributed by atoms with E-state index in [1.54, 1.807) is 6.07 Å². The fourth-order valence-corrected chi connectivity index (χ4v) is 0.876. The largest absolute Gasteiger partial charge is 0.480 e. The van der Waals surface area contributed by atoms with Crippen LogP contribution in [0.25, 0.3) is 0 Å². The number of alkyl halides is 1. The first-order chi connectivity index (χ1) is 7.61. The van der Waals surface area contributed by atoms with Gasteiger partial charge < -0.3 is 15.7 Å². The van der Waals surface area contributed by atoms with Gasteiger partial charge in [0.15, 0.2) is 0 Å². The predicted octanol–water partition coefficient (Wildman–Crippen LogP) is -0.187. The van der Waals surface area contributed by atoms with E-state index >= 15 is 0 Å². The Bertz CT molecular complexity index is 322. The molecule has 0 unspecified atom stereocenters. The van der Waals surface area contributed by atoms with Crippen molar-refractivity contribution in [2.75, 3.05) is 19.0 Å². The van der Waals surface area contributed by atoms with Crippen LogP contribution in [0.2, 0.25) is 0 Å². The lowest BCUT2D eigenvalue weighted by molar-refractivity contribution is -0.137. The number of hydrogen-bond donors (Lipinski definition) is 3. The highest BCUT2D eigenvalue weighted by Crippen LogP contribution is 1.90. The van der Waals surface area contributed by atoms with Crippen molar-refractivity contribution in [2.24, 2.45) is 0 Å². The molecular formula is C9H12ClN3O3. The Morgan fingerprint density at radius 1 is 1.50 bits per heavy atom. The van der Waals surface area contributed by atoms with Crippen LogP contribution in [0, 0.1) is 11.3 Å². The van der Waals surface area contributed by atoms with Gasteiger partial charge in [-0.15, -0.1) is 11.6 Å². The SMILES string of the molecule is N#C/C(=C/NCCCCl)C(=O)NCC(=O)O. The second-order valence-electron chi connectivity index (χ2n) is 2.74. The van der Waals surface area contributed by atoms with Crippen LogP contribution in [-0.4, -0.2) is 36.0 Å². The van der Waals surface area contributed by atoms with Crippen LogP contribution in [0.5, 0.6) is 0 Å². The van der Waals surface area contributed by atoms with Crippen molar-refractivity contribution in [3.8, 4) is 6.07 Å². The van der Waals surface area contributed by atoms with Crippen LogP contribution in [-0.2, 0) is 9.59 Å². The molecule has 6 nitrogen and oxygen atoms in total. The van der Waals surface area contributed by atoms with Gasteiger partial charge in [0.1, 0.15) is 18.2 Å². The van der Waals surface area contributed by atoms with E-state index in [1.165, 1.54) is 6.20 Å². The summed E-state index contributed by atoms with van der Waals surface area (Å²) >= 11 is 5.43. The van der Waals surface area contributed by atoms with E-state index in [-0.39, 0.29) is 5.57 Å². The number of nitrogens with one attached hydrogen (secondary N) is 2. The van der Waals surface area contributed by atoms with Crippen LogP contribution in [0.4, 0.5) is 0 Å². The maximum absolute atomic E-state index is 11.2. The molecule has 0 spiro atoms. The molecule has 3 N–H and O–H groups in total. The normalized spacial score (nSPS) is 10.4. The molecule has 0 rings (SSSR count). The molecule has 0 aromatic rings. The second-order valence-corrected chi connectivity index (χ2v) is 3.12. The Labute approximate surface area is 97.9 Å². The third-order valence-corrected chi connectivity index (χ3v) is 1.73. The summed E-state index contributed by atoms with van der Waals surface area (Å²) in [6, 6.07) is 1.66. The van der Waals surface area contributed by atoms with Crippen molar-refractivity contribution in [3.63, 3.8) is 0 Å². The van der Waals surface area contributed by atoms with Crippen LogP contribution in [0.3, 0.4) is 0 Å². The number of amides is 1. The lowest BCUT2D eigenvalue weighted by Gasteiger charge is -2.01. The van der Waals surface area contributed by atoms with Gasteiger partial charge in [-0.1, -0.05) is 0 Å². The molecule has 88 valence electrons. The topological polar surface area (TPSA) is 102 Å². The van der Waals surface area contributed by atoms with Crippen molar-refractivity contribution in [3.05, 3.63) is 11.8 Å². The van der Waals surface area contributed by atoms with Gasteiger partial charge in [0.25, 0.3) is 5.91 Å². The number of hydrogen-bond acceptors (Lipinski definition) is 4. The number of carbonyl (C=O) groups excluding carboxylic acids is 1. The standard InChI is InChI=1S/C9H12ClN3O3/c10-2-1-3-12-5-7(4-11)9(16)13-6-8(14)15/h5,12H,1-3,6H2,(H,13,16)(H,14,15)/b7-5-. The Morgan fingerprint density at radius 3 is 2.69 bits per heavy atom. The van der Waals surface area contributed by atoms with E-state index < -0.39 is 18.4 Å². The summed E-state index contributed by atoms with van der Waals surface area (Å²) in [5.41, 5.74) is -0.171. The molecule has 0 aliphatic rings. The number of nitriles is 1. The van der Waals surface area contributed by atoms with Crippen LogP contribution in [0.1, 0.15) is 6.42 Å². The first kappa shape index (κ1) is 14.3. The molecule has 0 aromatic heterocycles. The third kappa shape index (κ3) is 6.68. The lowest BCUT2D eigenvalue weighted by atomic mass is 10.3. The molecular weight excluding hydrogens is 234 g/mol. The number of nitrogens with zero attached hydrogens (tertiary/aromatic N) is 1. The smallest absolute Gasteiger partial charge is 0.322 e. The summed E-state index contributed by atoms with van der Waals surface area (Å²) in [4.78, 5) is 21.4. The Hall–Kier alpha value is -1.74. The van der Waals surface area contributed by atoms with Crippen molar-refractivity contribution < 1.29 is 14.7 Å². The molecule has 1 amide bonds. The highest BCUT2D eigenvalue weighted by molar-refractivity contribution is 6.17. The number of carboxylic acids is 1. The van der Waals surface area contributed by atoms with Gasteiger partial charge in [-0.2, -0.15) is 5.26 Å². The van der Waals surface area contributed by atoms with E-state index in [0.29, 0.717) is 18.8 Å². The molecule has 0 saturated carbocycles. The molecule has 0 aromatic carbocycles. The molecule has 0 aliphatic carbocycles. The van der Waals surface area contributed by atoms with Crippen molar-refractivity contribution in [2.45, 2.75) is 6.42 Å². The first-order valence-electron chi connectivity index (χ1n) is 4.51. The minimum Gasteiger partial charge on any atom is -0.480 e. The molecule has 0 aliphatic heterocycles. The van der Waals surface area contributed by atoms with Crippen molar-refractivity contribution >= 4 is 23.5 Å². The molecule has 0 heterocycles. The van der Waals surface area contributed by atoms with Crippen molar-refractivity contribution in [1.29, 1.82) is 5.26 Å². The average molecular weight is 246 g/mol. The maximum atomic E-state index is 11.2. The predicted molar refractivity (Wildman–Crippen MR) is 57.7 cm³/mol. The van der Waals surface area contributed by atoms with E-state index in [9.17, 15) is 9.59 Å². The third-order valence-electron chi connectivity index (χ3n) is 1.47. The molecule has 0 fully saturated rings. The highest BCUT2D eigenvalue weighted by Gasteiger charge is 2.09. The van der Waals surface area contributed by atoms with Gasteiger partial charge in [-0.3, -0.25) is 9.59 Å². The van der Waals surface area contributed by atoms with Gasteiger partial charge >= 0.3 is 5.97 Å². The van der Waals surface area contributed by atoms with Gasteiger partial charge in [0.2, 0.25) is 0 Å². The molecule has 0 radical (unpaired) electrons. The Kier molecular flexibility index (Phi) is 7.63. The fourth-order valence-electron chi connectivity index (χ4n) is 0.743. The molecule has 0 saturated heterocycles. The summed E-state index contributed by atoms with van der Waals surface area (Å²) in [7, 11) is 0. The maximum Gasteiger partial charge on any atom is 0.322 e. The zero-order chi connectivity index (χ0) is 12.4. The zero-order valence-corrected chi connectivity index (χ0v) is 9.25.